The number of hydrogen-bond donors (Lipinski definition) is 1. The van der Waals surface area contributed by atoms with E-state index < -0.39 is 0 Å². The maximum Gasteiger partial charge on any atom is 0.0454 e. The lowest BCUT2D eigenvalue weighted by molar-refractivity contribution is 0.258. The minimum absolute atomic E-state index is 0.270. The molecule has 17 heavy (non-hydrogen) atoms. The topological polar surface area (TPSA) is 26.0 Å². The zero-order chi connectivity index (χ0) is 11.8. The number of thiophene rings is 2. The van der Waals surface area contributed by atoms with E-state index in [4.69, 9.17) is 5.73 Å². The van der Waals surface area contributed by atoms with Crippen molar-refractivity contribution in [1.29, 1.82) is 0 Å². The molecule has 1 atom stereocenters. The average Bonchev–Trinajstić information content (AvgIpc) is 2.89. The Hall–Kier alpha value is -0.380. The van der Waals surface area contributed by atoms with E-state index in [1.54, 1.807) is 0 Å². The number of rotatable bonds is 2. The van der Waals surface area contributed by atoms with E-state index in [1.165, 1.54) is 40.0 Å². The fraction of sp³-hybridized carbons (Fsp3) is 0.571. The summed E-state index contributed by atoms with van der Waals surface area (Å²) in [7, 11) is 0. The monoisotopic (exact) mass is 265 g/mol. The lowest BCUT2D eigenvalue weighted by atomic mass is 9.79. The first-order chi connectivity index (χ1) is 8.24. The standard InChI is InChI=1S/C14H19NS2/c1-9-2-4-10(5-3-9)14(15)13-8-12-11(17-13)6-7-16-12/h6-10,14H,2-5,15H2,1H3. The van der Waals surface area contributed by atoms with Crippen LogP contribution < -0.4 is 5.73 Å². The summed E-state index contributed by atoms with van der Waals surface area (Å²) in [5.41, 5.74) is 6.45. The van der Waals surface area contributed by atoms with Crippen LogP contribution in [0.25, 0.3) is 9.40 Å². The van der Waals surface area contributed by atoms with Gasteiger partial charge in [0.05, 0.1) is 0 Å². The summed E-state index contributed by atoms with van der Waals surface area (Å²) in [6, 6.07) is 4.80. The van der Waals surface area contributed by atoms with E-state index in [0.717, 1.165) is 5.92 Å². The smallest absolute Gasteiger partial charge is 0.0454 e. The molecule has 3 heteroatoms. The molecule has 1 unspecified atom stereocenters. The summed E-state index contributed by atoms with van der Waals surface area (Å²) in [5.74, 6) is 1.62. The van der Waals surface area contributed by atoms with Gasteiger partial charge in [0, 0.05) is 20.3 Å². The molecule has 1 nitrogen and oxygen atoms in total. The molecule has 92 valence electrons. The summed E-state index contributed by atoms with van der Waals surface area (Å²) >= 11 is 3.72. The van der Waals surface area contributed by atoms with Crippen molar-refractivity contribution >= 4 is 32.1 Å². The zero-order valence-corrected chi connectivity index (χ0v) is 11.8. The summed E-state index contributed by atoms with van der Waals surface area (Å²) < 4.78 is 2.81. The van der Waals surface area contributed by atoms with Gasteiger partial charge >= 0.3 is 0 Å². The highest BCUT2D eigenvalue weighted by molar-refractivity contribution is 7.26. The van der Waals surface area contributed by atoms with Crippen LogP contribution >= 0.6 is 22.7 Å². The van der Waals surface area contributed by atoms with Gasteiger partial charge in [-0.05, 0) is 42.2 Å². The molecule has 0 aliphatic heterocycles. The van der Waals surface area contributed by atoms with Gasteiger partial charge < -0.3 is 5.73 Å². The third-order valence-electron chi connectivity index (χ3n) is 4.06. The molecule has 0 bridgehead atoms. The Morgan fingerprint density at radius 1 is 1.24 bits per heavy atom. The molecule has 1 aliphatic carbocycles. The van der Waals surface area contributed by atoms with E-state index in [9.17, 15) is 0 Å². The molecule has 2 aromatic heterocycles. The Morgan fingerprint density at radius 3 is 2.71 bits per heavy atom. The predicted octanol–water partition coefficient (Wildman–Crippen LogP) is 4.79. The van der Waals surface area contributed by atoms with Crippen LogP contribution in [0.5, 0.6) is 0 Å². The van der Waals surface area contributed by atoms with Gasteiger partial charge in [-0.2, -0.15) is 0 Å². The first kappa shape index (κ1) is 11.7. The summed E-state index contributed by atoms with van der Waals surface area (Å²) in [6.45, 7) is 2.36. The molecule has 2 aromatic rings. The average molecular weight is 265 g/mol. The van der Waals surface area contributed by atoms with Crippen LogP contribution in [0.15, 0.2) is 17.5 Å². The van der Waals surface area contributed by atoms with Crippen molar-refractivity contribution in [2.24, 2.45) is 17.6 Å². The van der Waals surface area contributed by atoms with Crippen molar-refractivity contribution in [1.82, 2.24) is 0 Å². The van der Waals surface area contributed by atoms with E-state index in [0.29, 0.717) is 5.92 Å². The fourth-order valence-corrected chi connectivity index (χ4v) is 5.04. The molecule has 2 N–H and O–H groups in total. The third-order valence-corrected chi connectivity index (χ3v) is 6.25. The lowest BCUT2D eigenvalue weighted by Crippen LogP contribution is -2.24. The largest absolute Gasteiger partial charge is 0.323 e. The normalized spacial score (nSPS) is 27.4. The molecular weight excluding hydrogens is 246 g/mol. The first-order valence-electron chi connectivity index (χ1n) is 6.46. The molecule has 0 aromatic carbocycles. The van der Waals surface area contributed by atoms with Crippen molar-refractivity contribution in [3.8, 4) is 0 Å². The minimum atomic E-state index is 0.270. The minimum Gasteiger partial charge on any atom is -0.323 e. The molecule has 1 aliphatic rings. The van der Waals surface area contributed by atoms with Crippen molar-refractivity contribution in [3.63, 3.8) is 0 Å². The lowest BCUT2D eigenvalue weighted by Gasteiger charge is -2.30. The van der Waals surface area contributed by atoms with Gasteiger partial charge in [-0.15, -0.1) is 22.7 Å². The molecule has 2 heterocycles. The first-order valence-corrected chi connectivity index (χ1v) is 8.16. The highest BCUT2D eigenvalue weighted by Crippen LogP contribution is 2.40. The van der Waals surface area contributed by atoms with Crippen LogP contribution in [0.1, 0.15) is 43.5 Å². The number of nitrogens with two attached hydrogens (primary N) is 1. The SMILES string of the molecule is CC1CCC(C(N)c2cc3sccc3s2)CC1. The molecule has 1 saturated carbocycles. The van der Waals surface area contributed by atoms with Gasteiger partial charge in [0.2, 0.25) is 0 Å². The van der Waals surface area contributed by atoms with Gasteiger partial charge in [-0.3, -0.25) is 0 Å². The fourth-order valence-electron chi connectivity index (χ4n) is 2.83. The van der Waals surface area contributed by atoms with E-state index in [-0.39, 0.29) is 6.04 Å². The molecular formula is C14H19NS2. The van der Waals surface area contributed by atoms with Crippen LogP contribution in [0.4, 0.5) is 0 Å². The quantitative estimate of drug-likeness (QED) is 0.830. The van der Waals surface area contributed by atoms with Crippen molar-refractivity contribution in [2.75, 3.05) is 0 Å². The number of hydrogen-bond acceptors (Lipinski definition) is 3. The van der Waals surface area contributed by atoms with Gasteiger partial charge in [-0.1, -0.05) is 19.8 Å². The molecule has 0 spiro atoms. The summed E-state index contributed by atoms with van der Waals surface area (Å²) in [4.78, 5) is 1.39. The van der Waals surface area contributed by atoms with Gasteiger partial charge in [-0.25, -0.2) is 0 Å². The summed E-state index contributed by atoms with van der Waals surface area (Å²) in [5, 5.41) is 2.17. The Labute approximate surface area is 111 Å². The second-order valence-corrected chi connectivity index (χ2v) is 7.41. The van der Waals surface area contributed by atoms with E-state index in [2.05, 4.69) is 24.4 Å². The van der Waals surface area contributed by atoms with Crippen LogP contribution in [-0.4, -0.2) is 0 Å². The van der Waals surface area contributed by atoms with E-state index >= 15 is 0 Å². The summed E-state index contributed by atoms with van der Waals surface area (Å²) in [6.07, 6.45) is 5.35. The molecule has 3 rings (SSSR count). The number of fused-ring (bicyclic) bond motifs is 1. The molecule has 0 amide bonds. The highest BCUT2D eigenvalue weighted by Gasteiger charge is 2.25. The van der Waals surface area contributed by atoms with Crippen molar-refractivity contribution in [2.45, 2.75) is 38.6 Å². The maximum atomic E-state index is 6.45. The zero-order valence-electron chi connectivity index (χ0n) is 10.2. The van der Waals surface area contributed by atoms with Gasteiger partial charge in [0.1, 0.15) is 0 Å². The van der Waals surface area contributed by atoms with Gasteiger partial charge in [0.25, 0.3) is 0 Å². The Balaban J connectivity index is 1.77. The Bertz CT molecular complexity index is 463. The Morgan fingerprint density at radius 2 is 2.00 bits per heavy atom. The van der Waals surface area contributed by atoms with Gasteiger partial charge in [0.15, 0.2) is 0 Å². The Kier molecular flexibility index (Phi) is 3.24. The second kappa shape index (κ2) is 4.71. The molecule has 0 radical (unpaired) electrons. The predicted molar refractivity (Wildman–Crippen MR) is 77.8 cm³/mol. The van der Waals surface area contributed by atoms with Crippen LogP contribution in [-0.2, 0) is 0 Å². The van der Waals surface area contributed by atoms with Crippen molar-refractivity contribution < 1.29 is 0 Å². The van der Waals surface area contributed by atoms with Crippen molar-refractivity contribution in [3.05, 3.63) is 22.4 Å². The molecule has 0 saturated heterocycles. The third kappa shape index (κ3) is 2.28. The maximum absolute atomic E-state index is 6.45. The van der Waals surface area contributed by atoms with Crippen LogP contribution in [0.3, 0.4) is 0 Å². The molecule has 1 fully saturated rings. The van der Waals surface area contributed by atoms with Crippen LogP contribution in [0.2, 0.25) is 0 Å². The highest BCUT2D eigenvalue weighted by atomic mass is 32.1. The van der Waals surface area contributed by atoms with E-state index in [1.807, 2.05) is 22.7 Å². The second-order valence-electron chi connectivity index (χ2n) is 5.34. The van der Waals surface area contributed by atoms with Crippen LogP contribution in [0, 0.1) is 11.8 Å².